The fourth-order valence-electron chi connectivity index (χ4n) is 1.41. The Balaban J connectivity index is 2.30. The highest BCUT2D eigenvalue weighted by molar-refractivity contribution is 5.74. The van der Waals surface area contributed by atoms with Gasteiger partial charge in [0.1, 0.15) is 11.3 Å². The largest absolute Gasteiger partial charge is 0.491 e. The van der Waals surface area contributed by atoms with E-state index in [0.29, 0.717) is 5.89 Å². The number of nitrogens with zero attached hydrogens (tertiary/aromatic N) is 1. The topological polar surface area (TPSA) is 35.3 Å². The second-order valence-corrected chi connectivity index (χ2v) is 3.70. The van der Waals surface area contributed by atoms with Crippen molar-refractivity contribution in [1.82, 2.24) is 4.98 Å². The molecule has 1 aromatic heterocycles. The Hall–Kier alpha value is -1.51. The third-order valence-electron chi connectivity index (χ3n) is 2.38. The first kappa shape index (κ1) is 10.0. The summed E-state index contributed by atoms with van der Waals surface area (Å²) in [6.07, 6.45) is 1.23. The maximum atomic E-state index is 5.70. The summed E-state index contributed by atoms with van der Waals surface area (Å²) in [5.74, 6) is 1.54. The van der Waals surface area contributed by atoms with Gasteiger partial charge in [-0.25, -0.2) is 4.98 Å². The van der Waals surface area contributed by atoms with Crippen molar-refractivity contribution in [2.45, 2.75) is 33.3 Å². The fraction of sp³-hybridized carbons (Fsp3) is 0.417. The van der Waals surface area contributed by atoms with Gasteiger partial charge in [0.15, 0.2) is 11.5 Å². The first-order valence-electron chi connectivity index (χ1n) is 5.23. The maximum absolute atomic E-state index is 5.70. The van der Waals surface area contributed by atoms with Crippen molar-refractivity contribution in [2.75, 3.05) is 0 Å². The van der Waals surface area contributed by atoms with Crippen LogP contribution < -0.4 is 4.74 Å². The van der Waals surface area contributed by atoms with E-state index in [1.54, 1.807) is 0 Å². The Morgan fingerprint density at radius 1 is 1.47 bits per heavy atom. The fourth-order valence-corrected chi connectivity index (χ4v) is 1.41. The van der Waals surface area contributed by atoms with Gasteiger partial charge in [-0.3, -0.25) is 0 Å². The molecule has 0 N–H and O–H groups in total. The van der Waals surface area contributed by atoms with Gasteiger partial charge in [0, 0.05) is 13.0 Å². The number of hydrogen-bond acceptors (Lipinski definition) is 3. The predicted molar refractivity (Wildman–Crippen MR) is 59.1 cm³/mol. The monoisotopic (exact) mass is 205 g/mol. The van der Waals surface area contributed by atoms with E-state index in [2.05, 4.69) is 18.8 Å². The van der Waals surface area contributed by atoms with Crippen LogP contribution in [0, 0.1) is 6.92 Å². The predicted octanol–water partition coefficient (Wildman–Crippen LogP) is 3.31. The van der Waals surface area contributed by atoms with Crippen molar-refractivity contribution in [2.24, 2.45) is 0 Å². The summed E-state index contributed by atoms with van der Waals surface area (Å²) in [4.78, 5) is 4.26. The minimum Gasteiger partial charge on any atom is -0.491 e. The molecular weight excluding hydrogens is 190 g/mol. The molecule has 2 rings (SSSR count). The Morgan fingerprint density at radius 3 is 3.00 bits per heavy atom. The van der Waals surface area contributed by atoms with Crippen molar-refractivity contribution in [3.8, 4) is 5.75 Å². The van der Waals surface area contributed by atoms with Crippen molar-refractivity contribution >= 4 is 11.1 Å². The molecule has 1 heterocycles. The Bertz CT molecular complexity index is 462. The van der Waals surface area contributed by atoms with Crippen molar-refractivity contribution < 1.29 is 9.15 Å². The van der Waals surface area contributed by atoms with Gasteiger partial charge in [-0.2, -0.15) is 0 Å². The third kappa shape index (κ3) is 2.12. The lowest BCUT2D eigenvalue weighted by atomic mass is 10.3. The summed E-state index contributed by atoms with van der Waals surface area (Å²) in [7, 11) is 0. The Labute approximate surface area is 89.1 Å². The summed E-state index contributed by atoms with van der Waals surface area (Å²) < 4.78 is 11.1. The molecule has 0 aliphatic heterocycles. The van der Waals surface area contributed by atoms with E-state index < -0.39 is 0 Å². The molecule has 1 atom stereocenters. The minimum atomic E-state index is 0.232. The molecule has 15 heavy (non-hydrogen) atoms. The van der Waals surface area contributed by atoms with Gasteiger partial charge < -0.3 is 9.15 Å². The van der Waals surface area contributed by atoms with E-state index in [9.17, 15) is 0 Å². The number of benzene rings is 1. The van der Waals surface area contributed by atoms with Gasteiger partial charge in [0.25, 0.3) is 0 Å². The van der Waals surface area contributed by atoms with Crippen LogP contribution in [0.3, 0.4) is 0 Å². The number of fused-ring (bicyclic) bond motifs is 1. The first-order valence-corrected chi connectivity index (χ1v) is 5.23. The zero-order chi connectivity index (χ0) is 10.8. The molecule has 3 nitrogen and oxygen atoms in total. The average Bonchev–Trinajstić information content (AvgIpc) is 2.57. The number of rotatable bonds is 3. The van der Waals surface area contributed by atoms with Gasteiger partial charge in [-0.15, -0.1) is 0 Å². The van der Waals surface area contributed by atoms with Gasteiger partial charge in [0.2, 0.25) is 0 Å². The van der Waals surface area contributed by atoms with E-state index >= 15 is 0 Å². The van der Waals surface area contributed by atoms with Gasteiger partial charge in [-0.1, -0.05) is 6.92 Å². The molecule has 80 valence electrons. The molecule has 0 aliphatic carbocycles. The summed E-state index contributed by atoms with van der Waals surface area (Å²) in [5, 5.41) is 0. The quantitative estimate of drug-likeness (QED) is 0.771. The van der Waals surface area contributed by atoms with Crippen LogP contribution in [0.5, 0.6) is 5.75 Å². The van der Waals surface area contributed by atoms with Crippen LogP contribution in [0.15, 0.2) is 22.6 Å². The number of aryl methyl sites for hydroxylation is 1. The average molecular weight is 205 g/mol. The molecule has 0 saturated carbocycles. The minimum absolute atomic E-state index is 0.232. The van der Waals surface area contributed by atoms with Gasteiger partial charge >= 0.3 is 0 Å². The number of hydrogen-bond donors (Lipinski definition) is 0. The molecule has 0 fully saturated rings. The van der Waals surface area contributed by atoms with E-state index in [1.165, 1.54) is 0 Å². The molecule has 0 aliphatic rings. The second kappa shape index (κ2) is 3.93. The highest BCUT2D eigenvalue weighted by Crippen LogP contribution is 2.22. The highest BCUT2D eigenvalue weighted by Gasteiger charge is 2.05. The van der Waals surface area contributed by atoms with E-state index in [0.717, 1.165) is 23.3 Å². The standard InChI is InChI=1S/C12H15NO2/c1-4-8(2)14-10-5-6-12-11(7-10)13-9(3)15-12/h5-8H,4H2,1-3H3. The summed E-state index contributed by atoms with van der Waals surface area (Å²) in [6.45, 7) is 6.00. The van der Waals surface area contributed by atoms with Crippen molar-refractivity contribution in [3.05, 3.63) is 24.1 Å². The van der Waals surface area contributed by atoms with Crippen LogP contribution in [0.4, 0.5) is 0 Å². The lowest BCUT2D eigenvalue weighted by Crippen LogP contribution is -2.09. The second-order valence-electron chi connectivity index (χ2n) is 3.70. The zero-order valence-corrected chi connectivity index (χ0v) is 9.28. The summed E-state index contributed by atoms with van der Waals surface area (Å²) >= 11 is 0. The molecule has 1 unspecified atom stereocenters. The van der Waals surface area contributed by atoms with Crippen LogP contribution in [-0.4, -0.2) is 11.1 Å². The number of aromatic nitrogens is 1. The molecule has 1 aromatic carbocycles. The zero-order valence-electron chi connectivity index (χ0n) is 9.28. The molecule has 0 spiro atoms. The van der Waals surface area contributed by atoms with Crippen molar-refractivity contribution in [3.63, 3.8) is 0 Å². The van der Waals surface area contributed by atoms with Crippen LogP contribution in [0.25, 0.3) is 11.1 Å². The SMILES string of the molecule is CCC(C)Oc1ccc2oc(C)nc2c1. The van der Waals surface area contributed by atoms with Gasteiger partial charge in [-0.05, 0) is 25.5 Å². The molecule has 0 bridgehead atoms. The van der Waals surface area contributed by atoms with E-state index in [-0.39, 0.29) is 6.10 Å². The van der Waals surface area contributed by atoms with Crippen LogP contribution in [0.1, 0.15) is 26.2 Å². The maximum Gasteiger partial charge on any atom is 0.192 e. The molecule has 3 heteroatoms. The van der Waals surface area contributed by atoms with Crippen molar-refractivity contribution in [1.29, 1.82) is 0 Å². The number of oxazole rings is 1. The molecular formula is C12H15NO2. The third-order valence-corrected chi connectivity index (χ3v) is 2.38. The molecule has 0 radical (unpaired) electrons. The Morgan fingerprint density at radius 2 is 2.27 bits per heavy atom. The molecule has 0 amide bonds. The van der Waals surface area contributed by atoms with Gasteiger partial charge in [0.05, 0.1) is 6.10 Å². The first-order chi connectivity index (χ1) is 7.19. The highest BCUT2D eigenvalue weighted by atomic mass is 16.5. The Kier molecular flexibility index (Phi) is 2.62. The normalized spacial score (nSPS) is 13.0. The van der Waals surface area contributed by atoms with E-state index in [1.807, 2.05) is 25.1 Å². The van der Waals surface area contributed by atoms with Crippen LogP contribution in [0.2, 0.25) is 0 Å². The summed E-state index contributed by atoms with van der Waals surface area (Å²) in [6, 6.07) is 5.73. The molecule has 0 saturated heterocycles. The smallest absolute Gasteiger partial charge is 0.192 e. The molecule has 2 aromatic rings. The van der Waals surface area contributed by atoms with Crippen LogP contribution >= 0.6 is 0 Å². The van der Waals surface area contributed by atoms with E-state index in [4.69, 9.17) is 9.15 Å². The summed E-state index contributed by atoms with van der Waals surface area (Å²) in [5.41, 5.74) is 1.66. The lowest BCUT2D eigenvalue weighted by Gasteiger charge is -2.11. The number of ether oxygens (including phenoxy) is 1. The lowest BCUT2D eigenvalue weighted by molar-refractivity contribution is 0.217. The van der Waals surface area contributed by atoms with Crippen LogP contribution in [-0.2, 0) is 0 Å².